The summed E-state index contributed by atoms with van der Waals surface area (Å²) in [5.41, 5.74) is -0.391. The minimum atomic E-state index is -0.391. The number of unbranched alkanes of at least 4 members (excludes halogenated alkanes) is 2. The first-order valence-electron chi connectivity index (χ1n) is 5.81. The van der Waals surface area contributed by atoms with Gasteiger partial charge in [0.05, 0.1) is 13.0 Å². The van der Waals surface area contributed by atoms with Gasteiger partial charge in [-0.3, -0.25) is 4.79 Å². The Kier molecular flexibility index (Phi) is 9.31. The van der Waals surface area contributed by atoms with E-state index >= 15 is 0 Å². The largest absolute Gasteiger partial charge is 0.460 e. The van der Waals surface area contributed by atoms with E-state index in [1.807, 2.05) is 20.8 Å². The number of carbonyl (C=O) groups excluding carboxylic acids is 1. The summed E-state index contributed by atoms with van der Waals surface area (Å²) in [6, 6.07) is 0. The second-order valence-corrected chi connectivity index (χ2v) is 5.78. The summed E-state index contributed by atoms with van der Waals surface area (Å²) in [7, 11) is 0. The molecule has 96 valence electrons. The van der Waals surface area contributed by atoms with E-state index in [1.165, 1.54) is 17.3 Å². The summed E-state index contributed by atoms with van der Waals surface area (Å²) in [4.78, 5) is 11.3. The first-order valence-corrected chi connectivity index (χ1v) is 7.34. The molecule has 0 aliphatic carbocycles. The highest BCUT2D eigenvalue weighted by atomic mass is 127. The first-order chi connectivity index (χ1) is 7.45. The number of halogens is 1. The van der Waals surface area contributed by atoms with Crippen LogP contribution in [0.15, 0.2) is 0 Å². The van der Waals surface area contributed by atoms with Gasteiger partial charge >= 0.3 is 5.97 Å². The molecule has 0 fully saturated rings. The maximum Gasteiger partial charge on any atom is 0.308 e. The Bertz CT molecular complexity index is 187. The summed E-state index contributed by atoms with van der Waals surface area (Å²) >= 11 is 2.37. The van der Waals surface area contributed by atoms with Crippen molar-refractivity contribution in [2.75, 3.05) is 17.6 Å². The zero-order chi connectivity index (χ0) is 12.4. The van der Waals surface area contributed by atoms with Gasteiger partial charge in [-0.15, -0.1) is 0 Å². The van der Waals surface area contributed by atoms with Gasteiger partial charge in [0, 0.05) is 6.61 Å². The third-order valence-electron chi connectivity index (χ3n) is 1.79. The van der Waals surface area contributed by atoms with E-state index in [9.17, 15) is 4.79 Å². The molecule has 0 unspecified atom stereocenters. The molecule has 0 saturated heterocycles. The number of esters is 1. The van der Waals surface area contributed by atoms with Crippen molar-refractivity contribution in [3.05, 3.63) is 0 Å². The fraction of sp³-hybridized carbons (Fsp3) is 0.917. The lowest BCUT2D eigenvalue weighted by Crippen LogP contribution is -2.24. The van der Waals surface area contributed by atoms with Crippen LogP contribution in [0.2, 0.25) is 0 Å². The van der Waals surface area contributed by atoms with Crippen LogP contribution in [0.1, 0.15) is 46.5 Å². The SMILES string of the molecule is CC(C)(C)OC(=O)CCOCCCCCI. The molecule has 0 spiro atoms. The summed E-state index contributed by atoms with van der Waals surface area (Å²) in [6.07, 6.45) is 3.88. The van der Waals surface area contributed by atoms with Crippen molar-refractivity contribution in [2.24, 2.45) is 0 Å². The van der Waals surface area contributed by atoms with Crippen molar-refractivity contribution in [3.63, 3.8) is 0 Å². The molecule has 0 aliphatic heterocycles. The minimum Gasteiger partial charge on any atom is -0.460 e. The molecule has 0 N–H and O–H groups in total. The Labute approximate surface area is 112 Å². The van der Waals surface area contributed by atoms with Gasteiger partial charge in [-0.1, -0.05) is 29.0 Å². The Balaban J connectivity index is 3.28. The fourth-order valence-electron chi connectivity index (χ4n) is 1.13. The zero-order valence-corrected chi connectivity index (χ0v) is 12.7. The molecule has 0 heterocycles. The molecular formula is C12H23IO3. The van der Waals surface area contributed by atoms with Crippen molar-refractivity contribution in [1.82, 2.24) is 0 Å². The molecule has 0 bridgehead atoms. The number of rotatable bonds is 8. The van der Waals surface area contributed by atoms with Crippen LogP contribution in [0, 0.1) is 0 Å². The van der Waals surface area contributed by atoms with Crippen molar-refractivity contribution in [2.45, 2.75) is 52.1 Å². The molecule has 0 aliphatic rings. The monoisotopic (exact) mass is 342 g/mol. The topological polar surface area (TPSA) is 35.5 Å². The third-order valence-corrected chi connectivity index (χ3v) is 2.56. The quantitative estimate of drug-likeness (QED) is 0.294. The fourth-order valence-corrected chi connectivity index (χ4v) is 1.66. The maximum absolute atomic E-state index is 11.3. The van der Waals surface area contributed by atoms with Gasteiger partial charge in [0.25, 0.3) is 0 Å². The zero-order valence-electron chi connectivity index (χ0n) is 10.6. The highest BCUT2D eigenvalue weighted by Crippen LogP contribution is 2.08. The standard InChI is InChI=1S/C12H23IO3/c1-12(2,3)16-11(14)7-10-15-9-6-4-5-8-13/h4-10H2,1-3H3. The van der Waals surface area contributed by atoms with Gasteiger partial charge in [-0.25, -0.2) is 0 Å². The van der Waals surface area contributed by atoms with E-state index < -0.39 is 5.60 Å². The normalized spacial score (nSPS) is 11.5. The lowest BCUT2D eigenvalue weighted by molar-refractivity contribution is -0.156. The van der Waals surface area contributed by atoms with Gasteiger partial charge in [-0.05, 0) is 38.0 Å². The molecular weight excluding hydrogens is 319 g/mol. The lowest BCUT2D eigenvalue weighted by atomic mass is 10.2. The first kappa shape index (κ1) is 16.2. The summed E-state index contributed by atoms with van der Waals surface area (Å²) < 4.78 is 11.7. The van der Waals surface area contributed by atoms with Crippen LogP contribution in [-0.4, -0.2) is 29.2 Å². The number of alkyl halides is 1. The predicted octanol–water partition coefficient (Wildman–Crippen LogP) is 3.34. The Morgan fingerprint density at radius 3 is 2.38 bits per heavy atom. The van der Waals surface area contributed by atoms with Crippen molar-refractivity contribution in [1.29, 1.82) is 0 Å². The van der Waals surface area contributed by atoms with E-state index in [0.717, 1.165) is 13.0 Å². The van der Waals surface area contributed by atoms with E-state index in [2.05, 4.69) is 22.6 Å². The van der Waals surface area contributed by atoms with Crippen molar-refractivity contribution >= 4 is 28.6 Å². The van der Waals surface area contributed by atoms with Crippen LogP contribution < -0.4 is 0 Å². The van der Waals surface area contributed by atoms with Crippen LogP contribution in [0.25, 0.3) is 0 Å². The molecule has 0 aromatic heterocycles. The Morgan fingerprint density at radius 1 is 1.12 bits per heavy atom. The molecule has 3 nitrogen and oxygen atoms in total. The Hall–Kier alpha value is 0.160. The number of hydrogen-bond acceptors (Lipinski definition) is 3. The molecule has 0 amide bonds. The predicted molar refractivity (Wildman–Crippen MR) is 74.0 cm³/mol. The molecule has 4 heteroatoms. The minimum absolute atomic E-state index is 0.181. The van der Waals surface area contributed by atoms with Crippen molar-refractivity contribution < 1.29 is 14.3 Å². The highest BCUT2D eigenvalue weighted by molar-refractivity contribution is 14.1. The van der Waals surface area contributed by atoms with E-state index in [4.69, 9.17) is 9.47 Å². The van der Waals surface area contributed by atoms with E-state index in [0.29, 0.717) is 13.0 Å². The Morgan fingerprint density at radius 2 is 1.81 bits per heavy atom. The van der Waals surface area contributed by atoms with Crippen LogP contribution in [0.3, 0.4) is 0 Å². The van der Waals surface area contributed by atoms with Crippen LogP contribution >= 0.6 is 22.6 Å². The molecule has 16 heavy (non-hydrogen) atoms. The lowest BCUT2D eigenvalue weighted by Gasteiger charge is -2.19. The van der Waals surface area contributed by atoms with Crippen LogP contribution in [-0.2, 0) is 14.3 Å². The average molecular weight is 342 g/mol. The number of carbonyl (C=O) groups is 1. The molecule has 0 aromatic rings. The third kappa shape index (κ3) is 12.2. The molecule has 0 saturated carbocycles. The van der Waals surface area contributed by atoms with Gasteiger partial charge in [-0.2, -0.15) is 0 Å². The van der Waals surface area contributed by atoms with Gasteiger partial charge < -0.3 is 9.47 Å². The number of hydrogen-bond donors (Lipinski definition) is 0. The van der Waals surface area contributed by atoms with Gasteiger partial charge in [0.15, 0.2) is 0 Å². The highest BCUT2D eigenvalue weighted by Gasteiger charge is 2.15. The second kappa shape index (κ2) is 9.22. The van der Waals surface area contributed by atoms with Crippen LogP contribution in [0.4, 0.5) is 0 Å². The summed E-state index contributed by atoms with van der Waals surface area (Å²) in [5, 5.41) is 0. The maximum atomic E-state index is 11.3. The van der Waals surface area contributed by atoms with E-state index in [-0.39, 0.29) is 5.97 Å². The summed E-state index contributed by atoms with van der Waals surface area (Å²) in [5.74, 6) is -0.181. The second-order valence-electron chi connectivity index (χ2n) is 4.70. The molecule has 0 atom stereocenters. The van der Waals surface area contributed by atoms with Gasteiger partial charge in [0.2, 0.25) is 0 Å². The van der Waals surface area contributed by atoms with Gasteiger partial charge in [0.1, 0.15) is 5.60 Å². The van der Waals surface area contributed by atoms with Crippen LogP contribution in [0.5, 0.6) is 0 Å². The number of ether oxygens (including phenoxy) is 2. The molecule has 0 rings (SSSR count). The molecule has 0 radical (unpaired) electrons. The van der Waals surface area contributed by atoms with E-state index in [1.54, 1.807) is 0 Å². The smallest absolute Gasteiger partial charge is 0.308 e. The average Bonchev–Trinajstić information content (AvgIpc) is 2.13. The van der Waals surface area contributed by atoms with Crippen molar-refractivity contribution in [3.8, 4) is 0 Å². The molecule has 0 aromatic carbocycles. The summed E-state index contributed by atoms with van der Waals surface area (Å²) in [6.45, 7) is 6.83.